The number of aromatic nitrogens is 2. The van der Waals surface area contributed by atoms with Crippen LogP contribution in [-0.4, -0.2) is 57.8 Å². The molecule has 1 aliphatic heterocycles. The van der Waals surface area contributed by atoms with E-state index in [4.69, 9.17) is 5.10 Å². The van der Waals surface area contributed by atoms with E-state index in [1.807, 2.05) is 66.7 Å². The largest absolute Gasteiger partial charge is 0.394 e. The van der Waals surface area contributed by atoms with Gasteiger partial charge in [0.15, 0.2) is 0 Å². The molecule has 0 fully saturated rings. The summed E-state index contributed by atoms with van der Waals surface area (Å²) in [4.78, 5) is 30.2. The lowest BCUT2D eigenvalue weighted by Gasteiger charge is -2.36. The molecule has 0 radical (unpaired) electrons. The van der Waals surface area contributed by atoms with Crippen molar-refractivity contribution < 1.29 is 28.2 Å². The third kappa shape index (κ3) is 7.11. The van der Waals surface area contributed by atoms with Crippen LogP contribution in [0.2, 0.25) is 0 Å². The number of fused-ring (bicyclic) bond motifs is 2. The topological polar surface area (TPSA) is 142 Å². The maximum absolute atomic E-state index is 14.9. The van der Waals surface area contributed by atoms with Crippen molar-refractivity contribution in [1.29, 1.82) is 0 Å². The van der Waals surface area contributed by atoms with E-state index in [9.17, 15) is 28.2 Å². The van der Waals surface area contributed by atoms with Crippen molar-refractivity contribution in [2.75, 3.05) is 6.61 Å². The molecular formula is C42H40N4O6S. The monoisotopic (exact) mass is 728 g/mol. The van der Waals surface area contributed by atoms with Crippen LogP contribution in [0.4, 0.5) is 0 Å². The van der Waals surface area contributed by atoms with Gasteiger partial charge in [-0.2, -0.15) is 5.10 Å². The number of hydrogen-bond donors (Lipinski definition) is 3. The highest BCUT2D eigenvalue weighted by molar-refractivity contribution is 7.90. The van der Waals surface area contributed by atoms with Crippen molar-refractivity contribution in [1.82, 2.24) is 19.4 Å². The Bertz CT molecular complexity index is 2430. The van der Waals surface area contributed by atoms with E-state index in [-0.39, 0.29) is 29.2 Å². The Morgan fingerprint density at radius 2 is 1.57 bits per heavy atom. The van der Waals surface area contributed by atoms with E-state index in [1.54, 1.807) is 33.8 Å². The molecule has 270 valence electrons. The summed E-state index contributed by atoms with van der Waals surface area (Å²) in [6, 6.07) is 33.2. The third-order valence-electron chi connectivity index (χ3n) is 9.84. The normalized spacial score (nSPS) is 14.2. The smallest absolute Gasteiger partial charge is 0.265 e. The molecule has 0 saturated carbocycles. The van der Waals surface area contributed by atoms with Crippen LogP contribution in [0.5, 0.6) is 0 Å². The van der Waals surface area contributed by atoms with Gasteiger partial charge < -0.3 is 15.1 Å². The predicted molar refractivity (Wildman–Crippen MR) is 203 cm³/mol. The molecule has 6 aromatic rings. The molecule has 0 spiro atoms. The molecule has 2 amide bonds. The Morgan fingerprint density at radius 1 is 0.849 bits per heavy atom. The zero-order valence-electron chi connectivity index (χ0n) is 29.3. The van der Waals surface area contributed by atoms with Crippen LogP contribution in [0.3, 0.4) is 0 Å². The molecular weight excluding hydrogens is 689 g/mol. The zero-order valence-corrected chi connectivity index (χ0v) is 30.1. The summed E-state index contributed by atoms with van der Waals surface area (Å²) in [5.74, 6) is -1.35. The van der Waals surface area contributed by atoms with Crippen LogP contribution in [0.15, 0.2) is 120 Å². The quantitative estimate of drug-likeness (QED) is 0.144. The van der Waals surface area contributed by atoms with Gasteiger partial charge in [0.2, 0.25) is 0 Å². The second kappa shape index (κ2) is 15.2. The summed E-state index contributed by atoms with van der Waals surface area (Å²) >= 11 is 0. The number of sulfonamides is 1. The highest BCUT2D eigenvalue weighted by atomic mass is 32.2. The van der Waals surface area contributed by atoms with Crippen molar-refractivity contribution in [2.45, 2.75) is 56.7 Å². The van der Waals surface area contributed by atoms with E-state index in [2.05, 4.69) is 11.6 Å². The Hall–Kier alpha value is -5.62. The fourth-order valence-corrected chi connectivity index (χ4v) is 8.09. The summed E-state index contributed by atoms with van der Waals surface area (Å²) in [5, 5.41) is 27.5. The Balaban J connectivity index is 1.35. The standard InChI is InChI=1S/C42H40N4O6S/c1-2-3-17-39-40(38(27-48)43-46(39)33-15-5-4-6-16-33)36-21-19-31(41(49)44-53(51,52)35-20-18-28-11-7-8-13-30(28)23-35)24-37(36)42(50)45-25-32-14-10-9-12-29(32)22-34(45)26-47/h4-16,18-21,23-24,34,47-48H,2-3,17,22,25-27H2,1H3,(H,44,49)/t34-/m0/s1. The van der Waals surface area contributed by atoms with Crippen molar-refractivity contribution >= 4 is 32.6 Å². The van der Waals surface area contributed by atoms with Gasteiger partial charge in [-0.15, -0.1) is 0 Å². The molecule has 53 heavy (non-hydrogen) atoms. The van der Waals surface area contributed by atoms with Crippen LogP contribution in [0, 0.1) is 0 Å². The number of carbonyl (C=O) groups is 2. The number of nitrogens with one attached hydrogen (secondary N) is 1. The van der Waals surface area contributed by atoms with E-state index in [0.717, 1.165) is 40.7 Å². The van der Waals surface area contributed by atoms with Crippen molar-refractivity contribution in [3.05, 3.63) is 149 Å². The van der Waals surface area contributed by atoms with Crippen LogP contribution in [0.25, 0.3) is 27.6 Å². The maximum atomic E-state index is 14.9. The Kier molecular flexibility index (Phi) is 10.2. The van der Waals surface area contributed by atoms with E-state index in [1.165, 1.54) is 24.3 Å². The molecule has 5 aromatic carbocycles. The predicted octanol–water partition coefficient (Wildman–Crippen LogP) is 6.21. The minimum atomic E-state index is -4.29. The maximum Gasteiger partial charge on any atom is 0.265 e. The van der Waals surface area contributed by atoms with E-state index < -0.39 is 34.5 Å². The SMILES string of the molecule is CCCCc1c(-c2ccc(C(=O)NS(=O)(=O)c3ccc4ccccc4c3)cc2C(=O)N2Cc3ccccc3C[C@H]2CO)c(CO)nn1-c1ccccc1. The van der Waals surface area contributed by atoms with Crippen LogP contribution in [0.1, 0.15) is 63.0 Å². The van der Waals surface area contributed by atoms with Crippen LogP contribution in [-0.2, 0) is 36.0 Å². The molecule has 1 atom stereocenters. The molecule has 0 unspecified atom stereocenters. The molecule has 7 rings (SSSR count). The lowest BCUT2D eigenvalue weighted by Crippen LogP contribution is -2.46. The van der Waals surface area contributed by atoms with Gasteiger partial charge in [0.1, 0.15) is 0 Å². The Labute approximate surface area is 308 Å². The first-order chi connectivity index (χ1) is 25.7. The first-order valence-corrected chi connectivity index (χ1v) is 19.2. The van der Waals surface area contributed by atoms with E-state index in [0.29, 0.717) is 35.0 Å². The summed E-state index contributed by atoms with van der Waals surface area (Å²) < 4.78 is 31.0. The summed E-state index contributed by atoms with van der Waals surface area (Å²) in [6.45, 7) is 1.61. The number of aliphatic hydroxyl groups is 2. The molecule has 1 aromatic heterocycles. The van der Waals surface area contributed by atoms with Crippen molar-refractivity contribution in [3.63, 3.8) is 0 Å². The van der Waals surface area contributed by atoms with Gasteiger partial charge in [0, 0.05) is 23.2 Å². The molecule has 0 bridgehead atoms. The van der Waals surface area contributed by atoms with Crippen molar-refractivity contribution in [2.24, 2.45) is 0 Å². The number of carbonyl (C=O) groups excluding carboxylic acids is 2. The molecule has 10 nitrogen and oxygen atoms in total. The number of para-hydroxylation sites is 1. The minimum absolute atomic E-state index is 0.0458. The average Bonchev–Trinajstić information content (AvgIpc) is 3.57. The van der Waals surface area contributed by atoms with Gasteiger partial charge in [-0.1, -0.05) is 92.2 Å². The summed E-state index contributed by atoms with van der Waals surface area (Å²) in [6.07, 6.45) is 2.72. The average molecular weight is 729 g/mol. The number of rotatable bonds is 11. The van der Waals surface area contributed by atoms with E-state index >= 15 is 0 Å². The highest BCUT2D eigenvalue weighted by Crippen LogP contribution is 2.36. The fourth-order valence-electron chi connectivity index (χ4n) is 7.08. The van der Waals surface area contributed by atoms with Crippen LogP contribution >= 0.6 is 0 Å². The first-order valence-electron chi connectivity index (χ1n) is 17.7. The first kappa shape index (κ1) is 35.8. The molecule has 2 heterocycles. The molecule has 0 aliphatic carbocycles. The number of hydrogen-bond acceptors (Lipinski definition) is 7. The molecule has 1 aliphatic rings. The molecule has 0 saturated heterocycles. The minimum Gasteiger partial charge on any atom is -0.394 e. The highest BCUT2D eigenvalue weighted by Gasteiger charge is 2.33. The summed E-state index contributed by atoms with van der Waals surface area (Å²) in [7, 11) is -4.29. The number of aliphatic hydroxyl groups excluding tert-OH is 2. The fraction of sp³-hybridized carbons (Fsp3) is 0.214. The number of unbranched alkanes of at least 4 members (excludes halogenated alkanes) is 1. The third-order valence-corrected chi connectivity index (χ3v) is 11.2. The Morgan fingerprint density at radius 3 is 2.30 bits per heavy atom. The number of benzene rings is 5. The zero-order chi connectivity index (χ0) is 37.1. The van der Waals surface area contributed by atoms with Crippen LogP contribution < -0.4 is 4.72 Å². The number of amides is 2. The number of nitrogens with zero attached hydrogens (tertiary/aromatic N) is 3. The lowest BCUT2D eigenvalue weighted by atomic mass is 9.90. The summed E-state index contributed by atoms with van der Waals surface area (Å²) in [5.41, 5.74) is 5.00. The van der Waals surface area contributed by atoms with Gasteiger partial charge >= 0.3 is 0 Å². The van der Waals surface area contributed by atoms with Gasteiger partial charge in [0.25, 0.3) is 21.8 Å². The second-order valence-electron chi connectivity index (χ2n) is 13.2. The van der Waals surface area contributed by atoms with Gasteiger partial charge in [-0.25, -0.2) is 17.8 Å². The van der Waals surface area contributed by atoms with Gasteiger partial charge in [-0.3, -0.25) is 9.59 Å². The lowest BCUT2D eigenvalue weighted by molar-refractivity contribution is 0.0545. The van der Waals surface area contributed by atoms with Gasteiger partial charge in [0.05, 0.1) is 41.2 Å². The van der Waals surface area contributed by atoms with Gasteiger partial charge in [-0.05, 0) is 83.1 Å². The molecule has 11 heteroatoms. The molecule has 3 N–H and O–H groups in total. The van der Waals surface area contributed by atoms with Crippen molar-refractivity contribution in [3.8, 4) is 16.8 Å². The second-order valence-corrected chi connectivity index (χ2v) is 14.9.